The summed E-state index contributed by atoms with van der Waals surface area (Å²) in [5.74, 6) is -2.43. The van der Waals surface area contributed by atoms with E-state index in [0.717, 1.165) is 12.1 Å². The number of ether oxygens (including phenoxy) is 1. The van der Waals surface area contributed by atoms with E-state index in [-0.39, 0.29) is 33.1 Å². The van der Waals surface area contributed by atoms with Crippen molar-refractivity contribution in [1.29, 1.82) is 0 Å². The fourth-order valence-electron chi connectivity index (χ4n) is 3.03. The number of hydrogen-bond acceptors (Lipinski definition) is 8. The van der Waals surface area contributed by atoms with Crippen LogP contribution in [0, 0.1) is 20.2 Å². The molecule has 0 heterocycles. The molecule has 0 spiro atoms. The minimum atomic E-state index is -1.32. The molecule has 0 aliphatic rings. The molecule has 3 aromatic carbocycles. The summed E-state index contributed by atoms with van der Waals surface area (Å²) in [6.45, 7) is 1.29. The van der Waals surface area contributed by atoms with Gasteiger partial charge in [-0.25, -0.2) is 4.79 Å². The first-order valence-electron chi connectivity index (χ1n) is 9.92. The number of ketones is 1. The SMILES string of the molecule is C[C@H](OC(=O)c1ccccc1C(=O)c1ccc(Cl)c([N+](=O)[O-])c1)C(=O)Nc1cccc([N+](=O)[O-])c1. The Labute approximate surface area is 202 Å². The Morgan fingerprint density at radius 1 is 0.914 bits per heavy atom. The lowest BCUT2D eigenvalue weighted by molar-refractivity contribution is -0.384. The third kappa shape index (κ3) is 5.84. The van der Waals surface area contributed by atoms with Gasteiger partial charge in [0.2, 0.25) is 0 Å². The summed E-state index contributed by atoms with van der Waals surface area (Å²) in [6.07, 6.45) is -1.32. The van der Waals surface area contributed by atoms with Crippen molar-refractivity contribution in [2.75, 3.05) is 5.32 Å². The smallest absolute Gasteiger partial charge is 0.339 e. The van der Waals surface area contributed by atoms with Gasteiger partial charge in [-0.1, -0.05) is 35.9 Å². The molecule has 1 N–H and O–H groups in total. The molecule has 1 amide bonds. The van der Waals surface area contributed by atoms with Crippen LogP contribution in [0.15, 0.2) is 66.7 Å². The van der Waals surface area contributed by atoms with Crippen LogP contribution in [0.2, 0.25) is 5.02 Å². The summed E-state index contributed by atoms with van der Waals surface area (Å²) < 4.78 is 5.19. The maximum atomic E-state index is 13.0. The Kier molecular flexibility index (Phi) is 7.52. The number of esters is 1. The molecule has 0 saturated heterocycles. The molecular formula is C23H16ClN3O8. The average Bonchev–Trinajstić information content (AvgIpc) is 2.83. The molecule has 11 nitrogen and oxygen atoms in total. The third-order valence-electron chi connectivity index (χ3n) is 4.77. The molecule has 0 saturated carbocycles. The van der Waals surface area contributed by atoms with Gasteiger partial charge in [0.25, 0.3) is 17.3 Å². The molecule has 0 aliphatic heterocycles. The Balaban J connectivity index is 1.78. The summed E-state index contributed by atoms with van der Waals surface area (Å²) in [5, 5.41) is 24.3. The second-order valence-electron chi connectivity index (χ2n) is 7.14. The number of nitrogens with one attached hydrogen (secondary N) is 1. The van der Waals surface area contributed by atoms with Crippen LogP contribution in [0.4, 0.5) is 17.1 Å². The average molecular weight is 498 g/mol. The van der Waals surface area contributed by atoms with E-state index in [1.54, 1.807) is 0 Å². The van der Waals surface area contributed by atoms with E-state index in [9.17, 15) is 34.6 Å². The Bertz CT molecular complexity index is 1360. The number of carbonyl (C=O) groups excluding carboxylic acids is 3. The van der Waals surface area contributed by atoms with E-state index in [2.05, 4.69) is 5.32 Å². The lowest BCUT2D eigenvalue weighted by atomic mass is 9.98. The van der Waals surface area contributed by atoms with Crippen molar-refractivity contribution in [2.24, 2.45) is 0 Å². The molecule has 0 aliphatic carbocycles. The number of carbonyl (C=O) groups is 3. The van der Waals surface area contributed by atoms with Gasteiger partial charge in [0.15, 0.2) is 11.9 Å². The summed E-state index contributed by atoms with van der Waals surface area (Å²) in [7, 11) is 0. The van der Waals surface area contributed by atoms with Gasteiger partial charge in [-0.05, 0) is 31.2 Å². The van der Waals surface area contributed by atoms with E-state index in [4.69, 9.17) is 16.3 Å². The number of nitro benzene ring substituents is 2. The standard InChI is InChI=1S/C23H16ClN3O8/c1-13(22(29)25-15-5-4-6-16(12-15)26(31)32)35-23(30)18-8-3-2-7-17(18)21(28)14-9-10-19(24)20(11-14)27(33)34/h2-13H,1H3,(H,25,29)/t13-/m0/s1. The first-order valence-corrected chi connectivity index (χ1v) is 10.3. The zero-order chi connectivity index (χ0) is 25.7. The second-order valence-corrected chi connectivity index (χ2v) is 7.55. The lowest BCUT2D eigenvalue weighted by Crippen LogP contribution is -2.30. The molecule has 1 atom stereocenters. The molecule has 0 radical (unpaired) electrons. The minimum Gasteiger partial charge on any atom is -0.449 e. The highest BCUT2D eigenvalue weighted by Gasteiger charge is 2.25. The van der Waals surface area contributed by atoms with Gasteiger partial charge < -0.3 is 10.1 Å². The normalized spacial score (nSPS) is 11.3. The van der Waals surface area contributed by atoms with Crippen LogP contribution in [0.1, 0.15) is 33.2 Å². The van der Waals surface area contributed by atoms with Gasteiger partial charge in [-0.2, -0.15) is 0 Å². The number of rotatable bonds is 8. The van der Waals surface area contributed by atoms with Crippen LogP contribution in [0.5, 0.6) is 0 Å². The molecule has 0 aromatic heterocycles. The van der Waals surface area contributed by atoms with Gasteiger partial charge in [-0.15, -0.1) is 0 Å². The van der Waals surface area contributed by atoms with Crippen LogP contribution in [-0.2, 0) is 9.53 Å². The van der Waals surface area contributed by atoms with Crippen LogP contribution in [0.3, 0.4) is 0 Å². The van der Waals surface area contributed by atoms with E-state index in [1.807, 2.05) is 0 Å². The molecular weight excluding hydrogens is 482 g/mol. The highest BCUT2D eigenvalue weighted by molar-refractivity contribution is 6.33. The van der Waals surface area contributed by atoms with Crippen molar-refractivity contribution >= 4 is 46.3 Å². The Hall–Kier alpha value is -4.64. The first kappa shape index (κ1) is 25.0. The summed E-state index contributed by atoms with van der Waals surface area (Å²) >= 11 is 5.79. The van der Waals surface area contributed by atoms with Gasteiger partial charge >= 0.3 is 5.97 Å². The number of nitrogens with zero attached hydrogens (tertiary/aromatic N) is 2. The predicted molar refractivity (Wildman–Crippen MR) is 125 cm³/mol. The highest BCUT2D eigenvalue weighted by atomic mass is 35.5. The Morgan fingerprint density at radius 2 is 1.60 bits per heavy atom. The molecule has 12 heteroatoms. The summed E-state index contributed by atoms with van der Waals surface area (Å²) in [6, 6.07) is 14.3. The third-order valence-corrected chi connectivity index (χ3v) is 5.09. The molecule has 0 unspecified atom stereocenters. The number of non-ortho nitro benzene ring substituents is 1. The number of anilines is 1. The Morgan fingerprint density at radius 3 is 2.26 bits per heavy atom. The van der Waals surface area contributed by atoms with E-state index in [1.165, 1.54) is 61.5 Å². The number of amides is 1. The van der Waals surface area contributed by atoms with Crippen LogP contribution in [0.25, 0.3) is 0 Å². The van der Waals surface area contributed by atoms with Crippen LogP contribution in [-0.4, -0.2) is 33.6 Å². The first-order chi connectivity index (χ1) is 16.6. The number of benzene rings is 3. The van der Waals surface area contributed by atoms with E-state index in [0.29, 0.717) is 0 Å². The van der Waals surface area contributed by atoms with Crippen molar-refractivity contribution in [1.82, 2.24) is 0 Å². The minimum absolute atomic E-state index is 0.0715. The highest BCUT2D eigenvalue weighted by Crippen LogP contribution is 2.27. The van der Waals surface area contributed by atoms with Crippen molar-refractivity contribution in [3.8, 4) is 0 Å². The van der Waals surface area contributed by atoms with E-state index >= 15 is 0 Å². The second kappa shape index (κ2) is 10.5. The fraction of sp³-hybridized carbons (Fsp3) is 0.0870. The summed E-state index contributed by atoms with van der Waals surface area (Å²) in [4.78, 5) is 58.9. The van der Waals surface area contributed by atoms with Crippen molar-refractivity contribution in [3.05, 3.63) is 109 Å². The number of hydrogen-bond donors (Lipinski definition) is 1. The molecule has 3 rings (SSSR count). The fourth-order valence-corrected chi connectivity index (χ4v) is 3.21. The van der Waals surface area contributed by atoms with Crippen molar-refractivity contribution in [3.63, 3.8) is 0 Å². The zero-order valence-corrected chi connectivity index (χ0v) is 18.7. The maximum absolute atomic E-state index is 13.0. The zero-order valence-electron chi connectivity index (χ0n) is 18.0. The number of nitro groups is 2. The van der Waals surface area contributed by atoms with Gasteiger partial charge in [0, 0.05) is 35.0 Å². The van der Waals surface area contributed by atoms with E-state index < -0.39 is 39.3 Å². The number of halogens is 1. The molecule has 35 heavy (non-hydrogen) atoms. The molecule has 0 bridgehead atoms. The topological polar surface area (TPSA) is 159 Å². The van der Waals surface area contributed by atoms with Gasteiger partial charge in [-0.3, -0.25) is 29.8 Å². The monoisotopic (exact) mass is 497 g/mol. The summed E-state index contributed by atoms with van der Waals surface area (Å²) in [5.41, 5.74) is -0.901. The van der Waals surface area contributed by atoms with Crippen molar-refractivity contribution < 1.29 is 29.0 Å². The van der Waals surface area contributed by atoms with Gasteiger partial charge in [0.1, 0.15) is 5.02 Å². The predicted octanol–water partition coefficient (Wildman–Crippen LogP) is 4.57. The largest absolute Gasteiger partial charge is 0.449 e. The van der Waals surface area contributed by atoms with Crippen LogP contribution >= 0.6 is 11.6 Å². The maximum Gasteiger partial charge on any atom is 0.339 e. The molecule has 0 fully saturated rings. The van der Waals surface area contributed by atoms with Gasteiger partial charge in [0.05, 0.1) is 15.4 Å². The molecule has 178 valence electrons. The van der Waals surface area contributed by atoms with Crippen LogP contribution < -0.4 is 5.32 Å². The lowest BCUT2D eigenvalue weighted by Gasteiger charge is -2.15. The quantitative estimate of drug-likeness (QED) is 0.205. The van der Waals surface area contributed by atoms with Crippen molar-refractivity contribution in [2.45, 2.75) is 13.0 Å². The molecule has 3 aromatic rings.